The number of nitrogens with one attached hydrogen (secondary N) is 3. The lowest BCUT2D eigenvalue weighted by Crippen LogP contribution is -2.71. The first-order valence-electron chi connectivity index (χ1n) is 34.5. The van der Waals surface area contributed by atoms with Crippen molar-refractivity contribution >= 4 is 17.7 Å². The molecule has 0 aromatic carbocycles. The quantitative estimate of drug-likeness (QED) is 0.0363. The molecule has 0 unspecified atom stereocenters. The molecule has 0 aliphatic carbocycles. The topological polar surface area (TPSA) is 750 Å². The van der Waals surface area contributed by atoms with Gasteiger partial charge in [-0.15, -0.1) is 0 Å². The minimum absolute atomic E-state index is 0.907. The molecule has 0 bridgehead atoms. The number of amides is 3. The smallest absolute Gasteiger partial charge is 0.217 e. The van der Waals surface area contributed by atoms with Gasteiger partial charge in [-0.1, -0.05) is 0 Å². The maximum Gasteiger partial charge on any atom is 0.217 e. The maximum atomic E-state index is 13.4. The van der Waals surface area contributed by atoms with E-state index < -0.39 is 347 Å². The monoisotopic (exact) mass is 1580 g/mol. The first kappa shape index (κ1) is 88.7. The predicted molar refractivity (Wildman–Crippen MR) is 330 cm³/mol. The van der Waals surface area contributed by atoms with E-state index >= 15 is 0 Å². The Bertz CT molecular complexity index is 2820. The molecule has 48 nitrogen and oxygen atoms in total. The first-order valence-corrected chi connectivity index (χ1v) is 34.5. The second kappa shape index (κ2) is 38.5. The van der Waals surface area contributed by atoms with Gasteiger partial charge in [0.15, 0.2) is 56.6 Å². The summed E-state index contributed by atoms with van der Waals surface area (Å²) in [5, 5.41) is 282. The number of hydrogen-bond donors (Lipinski definition) is 28. The molecule has 9 fully saturated rings. The Balaban J connectivity index is 1.09. The Morgan fingerprint density at radius 1 is 0.259 bits per heavy atom. The van der Waals surface area contributed by atoms with E-state index in [9.17, 15) is 142 Å². The van der Waals surface area contributed by atoms with E-state index in [-0.39, 0.29) is 0 Å². The van der Waals surface area contributed by atoms with Gasteiger partial charge < -0.3 is 224 Å². The minimum atomic E-state index is -2.57. The van der Waals surface area contributed by atoms with Gasteiger partial charge in [-0.2, -0.15) is 0 Å². The summed E-state index contributed by atoms with van der Waals surface area (Å²) in [7, 11) is 0. The summed E-state index contributed by atoms with van der Waals surface area (Å²) in [5.41, 5.74) is 0. The molecule has 0 aromatic heterocycles. The predicted octanol–water partition coefficient (Wildman–Crippen LogP) is -19.2. The average Bonchev–Trinajstić information content (AvgIpc) is 0.770. The van der Waals surface area contributed by atoms with Crippen molar-refractivity contribution in [1.82, 2.24) is 16.0 Å². The van der Waals surface area contributed by atoms with Crippen LogP contribution in [0.2, 0.25) is 0 Å². The van der Waals surface area contributed by atoms with Crippen LogP contribution in [0.15, 0.2) is 0 Å². The molecule has 48 heteroatoms. The Labute approximate surface area is 611 Å². The van der Waals surface area contributed by atoms with Crippen LogP contribution in [-0.2, 0) is 94.9 Å². The van der Waals surface area contributed by atoms with Crippen LogP contribution in [0.3, 0.4) is 0 Å². The lowest BCUT2D eigenvalue weighted by molar-refractivity contribution is -0.389. The molecule has 9 heterocycles. The minimum Gasteiger partial charge on any atom is -0.394 e. The molecule has 108 heavy (non-hydrogen) atoms. The standard InChI is InChI=1S/C60H101N3O45/c1-13-28(74)35(81)40(86)56(93-13)106-49-27(63-16(4)73)53(100-23(11-70)46(49)103-57-41(87)36(82)29(75)17(5-64)97-57)92-12-24-34(80)51(108-55-25(61-14(2)71)47(31(77)19(7-66)96-55)104-58-42(88)37(83)30(76)18(6-65)98-58)44(90)60(101-24)105-48-26(62-15(3)72)54(95-20(8-67)32(48)78)107-50-33(79)21(9-68)99-59(43(50)89)102-45-22(10-69)94-52(91)39(85)38(45)84/h13,17-60,64-70,74-91H,5-12H2,1-4H3,(H,61,71)(H,62,72)(H,63,73)/t13-,17+,18+,19+,20+,21+,22+,23+,24+,25+,26+,27+,28+,29-,30-,31+,32+,33-,34-,35+,36-,37-,38+,39+,40-,41+,42+,43+,44+,45+,46+,47+,48+,49+,50-,51-,52+,53+,54-,55-,56-,57-,58-,59-,60-/m0/s1. The number of aliphatic hydroxyl groups is 25. The van der Waals surface area contributed by atoms with Crippen molar-refractivity contribution in [3.05, 3.63) is 0 Å². The highest BCUT2D eigenvalue weighted by molar-refractivity contribution is 5.74. The van der Waals surface area contributed by atoms with Gasteiger partial charge in [0.1, 0.15) is 213 Å². The number of hydrogen-bond acceptors (Lipinski definition) is 45. The van der Waals surface area contributed by atoms with Crippen molar-refractivity contribution in [2.45, 2.75) is 304 Å². The van der Waals surface area contributed by atoms with Gasteiger partial charge in [0, 0.05) is 20.8 Å². The number of ether oxygens (including phenoxy) is 17. The fourth-order valence-corrected chi connectivity index (χ4v) is 14.0. The fourth-order valence-electron chi connectivity index (χ4n) is 14.0. The Kier molecular flexibility index (Phi) is 31.6. The summed E-state index contributed by atoms with van der Waals surface area (Å²) < 4.78 is 101. The molecule has 9 aliphatic heterocycles. The van der Waals surface area contributed by atoms with Crippen LogP contribution >= 0.6 is 0 Å². The molecule has 9 aliphatic rings. The van der Waals surface area contributed by atoms with Crippen molar-refractivity contribution in [1.29, 1.82) is 0 Å². The molecule has 28 N–H and O–H groups in total. The summed E-state index contributed by atoms with van der Waals surface area (Å²) in [6.45, 7) is -4.74. The Morgan fingerprint density at radius 3 is 0.954 bits per heavy atom. The zero-order valence-electron chi connectivity index (χ0n) is 58.0. The van der Waals surface area contributed by atoms with E-state index in [0.717, 1.165) is 20.8 Å². The SMILES string of the molecule is CC(=O)N[C@H]1[C@H](OC[C@H]2O[C@@H](O[C@H]3[C@H](O)[C@@H](CO)O[C@@H](O[C@H]4[C@@H](O)[C@@H](CO)O[C@@H](O[C@H]5[C@H](O)[C@@H](O)[C@H](O)O[C@@H]5CO)[C@@H]4O)[C@@H]3NC(C)=O)[C@H](O)[C@@H](O[C@@H]3O[C@H](CO)[C@@H](O)[C@H](O[C@@H]4O[C@H](CO)[C@H](O)[C@H](O)[C@H]4O)[C@H]3NC(C)=O)[C@H]2O)O[C@H](CO)[C@@H](O[C@@H]2O[C@H](CO)[C@H](O)[C@H](O)[C@H]2O)[C@@H]1O[C@@H]1O[C@@H](C)[C@@H](O)[C@@H](O)[C@@H]1O. The third-order valence-corrected chi connectivity index (χ3v) is 19.9. The summed E-state index contributed by atoms with van der Waals surface area (Å²) in [6, 6.07) is -5.95. The van der Waals surface area contributed by atoms with Crippen LogP contribution in [0, 0.1) is 0 Å². The van der Waals surface area contributed by atoms with E-state index in [4.69, 9.17) is 80.5 Å². The molecule has 0 spiro atoms. The summed E-state index contributed by atoms with van der Waals surface area (Å²) in [4.78, 5) is 39.9. The van der Waals surface area contributed by atoms with E-state index in [1.165, 1.54) is 6.92 Å². The molecular formula is C60H101N3O45. The average molecular weight is 1580 g/mol. The van der Waals surface area contributed by atoms with Gasteiger partial charge >= 0.3 is 0 Å². The van der Waals surface area contributed by atoms with Crippen LogP contribution in [0.25, 0.3) is 0 Å². The second-order valence-corrected chi connectivity index (χ2v) is 27.4. The zero-order chi connectivity index (χ0) is 79.5. The molecule has 0 radical (unpaired) electrons. The van der Waals surface area contributed by atoms with E-state index in [2.05, 4.69) is 16.0 Å². The number of carbonyl (C=O) groups excluding carboxylic acids is 3. The number of carbonyl (C=O) groups is 3. The third-order valence-electron chi connectivity index (χ3n) is 19.9. The first-order chi connectivity index (χ1) is 51.1. The van der Waals surface area contributed by atoms with Crippen LogP contribution in [0.4, 0.5) is 0 Å². The highest BCUT2D eigenvalue weighted by Crippen LogP contribution is 2.40. The lowest BCUT2D eigenvalue weighted by Gasteiger charge is -2.51. The van der Waals surface area contributed by atoms with Crippen LogP contribution in [0.5, 0.6) is 0 Å². The largest absolute Gasteiger partial charge is 0.394 e. The second-order valence-electron chi connectivity index (χ2n) is 27.4. The molecule has 3 amide bonds. The molecule has 9 saturated heterocycles. The normalized spacial score (nSPS) is 50.4. The van der Waals surface area contributed by atoms with Gasteiger partial charge in [0.25, 0.3) is 0 Å². The van der Waals surface area contributed by atoms with E-state index in [1.807, 2.05) is 0 Å². The molecule has 9 rings (SSSR count). The molecular weight excluding hydrogens is 1480 g/mol. The Hall–Kier alpha value is -3.27. The van der Waals surface area contributed by atoms with Gasteiger partial charge in [-0.05, 0) is 6.92 Å². The van der Waals surface area contributed by atoms with Crippen molar-refractivity contribution < 1.29 is 223 Å². The molecule has 626 valence electrons. The lowest BCUT2D eigenvalue weighted by atomic mass is 9.93. The van der Waals surface area contributed by atoms with Crippen LogP contribution < -0.4 is 16.0 Å². The van der Waals surface area contributed by atoms with Crippen LogP contribution in [-0.4, -0.2) is 474 Å². The van der Waals surface area contributed by atoms with Gasteiger partial charge in [0.2, 0.25) is 17.7 Å². The third kappa shape index (κ3) is 19.1. The summed E-state index contributed by atoms with van der Waals surface area (Å²) >= 11 is 0. The molecule has 0 saturated carbocycles. The summed E-state index contributed by atoms with van der Waals surface area (Å²) in [6.07, 6.45) is -86.5. The molecule has 0 aromatic rings. The van der Waals surface area contributed by atoms with Crippen molar-refractivity contribution in [3.8, 4) is 0 Å². The zero-order valence-corrected chi connectivity index (χ0v) is 58.0. The molecule has 45 atom stereocenters. The highest BCUT2D eigenvalue weighted by atomic mass is 16.8. The highest BCUT2D eigenvalue weighted by Gasteiger charge is 2.61. The summed E-state index contributed by atoms with van der Waals surface area (Å²) in [5.74, 6) is -2.96. The van der Waals surface area contributed by atoms with Gasteiger partial charge in [0.05, 0.1) is 59.0 Å². The van der Waals surface area contributed by atoms with Crippen LogP contribution in [0.1, 0.15) is 27.7 Å². The number of rotatable bonds is 27. The van der Waals surface area contributed by atoms with Crippen molar-refractivity contribution in [2.75, 3.05) is 52.9 Å². The Morgan fingerprint density at radius 2 is 0.546 bits per heavy atom. The van der Waals surface area contributed by atoms with E-state index in [0.29, 0.717) is 0 Å². The van der Waals surface area contributed by atoms with Gasteiger partial charge in [-0.3, -0.25) is 14.4 Å². The van der Waals surface area contributed by atoms with Gasteiger partial charge in [-0.25, -0.2) is 0 Å². The van der Waals surface area contributed by atoms with Crippen molar-refractivity contribution in [3.63, 3.8) is 0 Å². The van der Waals surface area contributed by atoms with Crippen molar-refractivity contribution in [2.24, 2.45) is 0 Å². The fraction of sp³-hybridized carbons (Fsp3) is 0.950. The number of aliphatic hydroxyl groups excluding tert-OH is 25. The maximum absolute atomic E-state index is 13.4. The van der Waals surface area contributed by atoms with E-state index in [1.54, 1.807) is 0 Å².